The molecular weight excluding hydrogens is 344 g/mol. The van der Waals surface area contributed by atoms with Crippen LogP contribution in [0.5, 0.6) is 5.75 Å². The normalized spacial score (nSPS) is 19.9. The number of benzene rings is 1. The second-order valence-corrected chi connectivity index (χ2v) is 7.07. The SMILES string of the molecule is CCCCCCOC1CCC(C(=O)Oc2ccc(C=CC(=O)O)cc2)CC1. The molecule has 1 saturated carbocycles. The van der Waals surface area contributed by atoms with Gasteiger partial charge in [0.15, 0.2) is 0 Å². The molecule has 1 N–H and O–H groups in total. The number of carboxylic acids is 1. The summed E-state index contributed by atoms with van der Waals surface area (Å²) in [6.07, 6.45) is 11.1. The van der Waals surface area contributed by atoms with Crippen LogP contribution in [0.2, 0.25) is 0 Å². The van der Waals surface area contributed by atoms with Gasteiger partial charge in [0.25, 0.3) is 0 Å². The Morgan fingerprint density at radius 3 is 2.41 bits per heavy atom. The van der Waals surface area contributed by atoms with Crippen LogP contribution in [-0.2, 0) is 14.3 Å². The van der Waals surface area contributed by atoms with Gasteiger partial charge in [0.2, 0.25) is 0 Å². The molecule has 0 spiro atoms. The minimum absolute atomic E-state index is 0.0727. The third kappa shape index (κ3) is 7.95. The monoisotopic (exact) mass is 374 g/mol. The minimum Gasteiger partial charge on any atom is -0.478 e. The number of ether oxygens (including phenoxy) is 2. The van der Waals surface area contributed by atoms with Crippen molar-refractivity contribution in [3.63, 3.8) is 0 Å². The van der Waals surface area contributed by atoms with E-state index in [0.717, 1.165) is 50.4 Å². The number of rotatable bonds is 10. The first-order valence-corrected chi connectivity index (χ1v) is 9.93. The third-order valence-corrected chi connectivity index (χ3v) is 4.88. The molecule has 0 bridgehead atoms. The zero-order chi connectivity index (χ0) is 19.5. The summed E-state index contributed by atoms with van der Waals surface area (Å²) in [6, 6.07) is 6.83. The maximum Gasteiger partial charge on any atom is 0.328 e. The van der Waals surface area contributed by atoms with Crippen LogP contribution in [0.15, 0.2) is 30.3 Å². The zero-order valence-electron chi connectivity index (χ0n) is 16.1. The molecule has 1 fully saturated rings. The molecule has 1 aromatic rings. The van der Waals surface area contributed by atoms with E-state index in [9.17, 15) is 9.59 Å². The van der Waals surface area contributed by atoms with Crippen LogP contribution < -0.4 is 4.74 Å². The lowest BCUT2D eigenvalue weighted by atomic mass is 9.87. The summed E-state index contributed by atoms with van der Waals surface area (Å²) in [5.41, 5.74) is 0.744. The highest BCUT2D eigenvalue weighted by atomic mass is 16.5. The van der Waals surface area contributed by atoms with E-state index in [1.807, 2.05) is 0 Å². The predicted octanol–water partition coefficient (Wildman–Crippen LogP) is 4.85. The third-order valence-electron chi connectivity index (χ3n) is 4.88. The fourth-order valence-electron chi connectivity index (χ4n) is 3.26. The number of hydrogen-bond donors (Lipinski definition) is 1. The largest absolute Gasteiger partial charge is 0.478 e. The Bertz CT molecular complexity index is 612. The quantitative estimate of drug-likeness (QED) is 0.274. The zero-order valence-corrected chi connectivity index (χ0v) is 16.1. The molecule has 5 heteroatoms. The van der Waals surface area contributed by atoms with Gasteiger partial charge in [-0.05, 0) is 55.9 Å². The van der Waals surface area contributed by atoms with Gasteiger partial charge in [-0.3, -0.25) is 4.79 Å². The number of aliphatic carboxylic acids is 1. The second-order valence-electron chi connectivity index (χ2n) is 7.07. The number of carbonyl (C=O) groups is 2. The van der Waals surface area contributed by atoms with Crippen molar-refractivity contribution < 1.29 is 24.2 Å². The summed E-state index contributed by atoms with van der Waals surface area (Å²) in [4.78, 5) is 22.9. The van der Waals surface area contributed by atoms with Crippen LogP contribution in [0.1, 0.15) is 63.9 Å². The van der Waals surface area contributed by atoms with Crippen molar-refractivity contribution in [2.24, 2.45) is 5.92 Å². The fourth-order valence-corrected chi connectivity index (χ4v) is 3.26. The Morgan fingerprint density at radius 2 is 1.78 bits per heavy atom. The summed E-state index contributed by atoms with van der Waals surface area (Å²) in [5, 5.41) is 8.63. The number of esters is 1. The first-order chi connectivity index (χ1) is 13.1. The van der Waals surface area contributed by atoms with Gasteiger partial charge < -0.3 is 14.6 Å². The molecular formula is C22H30O5. The highest BCUT2D eigenvalue weighted by molar-refractivity contribution is 5.85. The fraction of sp³-hybridized carbons (Fsp3) is 0.545. The van der Waals surface area contributed by atoms with E-state index in [1.165, 1.54) is 25.3 Å². The molecule has 0 heterocycles. The molecule has 27 heavy (non-hydrogen) atoms. The van der Waals surface area contributed by atoms with Gasteiger partial charge >= 0.3 is 11.9 Å². The van der Waals surface area contributed by atoms with E-state index in [-0.39, 0.29) is 18.0 Å². The molecule has 0 unspecified atom stereocenters. The van der Waals surface area contributed by atoms with Crippen LogP contribution in [0, 0.1) is 5.92 Å². The van der Waals surface area contributed by atoms with Crippen molar-refractivity contribution in [1.29, 1.82) is 0 Å². The molecule has 148 valence electrons. The molecule has 2 rings (SSSR count). The maximum atomic E-state index is 12.4. The van der Waals surface area contributed by atoms with Crippen molar-refractivity contribution in [3.05, 3.63) is 35.9 Å². The number of unbranched alkanes of at least 4 members (excludes halogenated alkanes) is 3. The van der Waals surface area contributed by atoms with Crippen LogP contribution in [0.25, 0.3) is 6.08 Å². The summed E-state index contributed by atoms with van der Waals surface area (Å²) in [7, 11) is 0. The molecule has 0 aliphatic heterocycles. The Hall–Kier alpha value is -2.14. The molecule has 1 aliphatic rings. The molecule has 0 amide bonds. The van der Waals surface area contributed by atoms with Crippen LogP contribution >= 0.6 is 0 Å². The van der Waals surface area contributed by atoms with Crippen molar-refractivity contribution in [2.75, 3.05) is 6.61 Å². The average molecular weight is 374 g/mol. The number of hydrogen-bond acceptors (Lipinski definition) is 4. The van der Waals surface area contributed by atoms with Crippen LogP contribution in [-0.4, -0.2) is 29.8 Å². The molecule has 5 nitrogen and oxygen atoms in total. The van der Waals surface area contributed by atoms with Gasteiger partial charge in [-0.1, -0.05) is 38.3 Å². The van der Waals surface area contributed by atoms with Gasteiger partial charge in [-0.2, -0.15) is 0 Å². The van der Waals surface area contributed by atoms with Gasteiger partial charge in [0.1, 0.15) is 5.75 Å². The van der Waals surface area contributed by atoms with Crippen molar-refractivity contribution in [1.82, 2.24) is 0 Å². The summed E-state index contributed by atoms with van der Waals surface area (Å²) in [5.74, 6) is -0.769. The molecule has 1 aliphatic carbocycles. The molecule has 0 saturated heterocycles. The Morgan fingerprint density at radius 1 is 1.07 bits per heavy atom. The molecule has 1 aromatic carbocycles. The van der Waals surface area contributed by atoms with Crippen LogP contribution in [0.4, 0.5) is 0 Å². The van der Waals surface area contributed by atoms with E-state index < -0.39 is 5.97 Å². The average Bonchev–Trinajstić information content (AvgIpc) is 2.67. The van der Waals surface area contributed by atoms with E-state index in [2.05, 4.69) is 6.92 Å². The van der Waals surface area contributed by atoms with E-state index in [4.69, 9.17) is 14.6 Å². The van der Waals surface area contributed by atoms with Crippen molar-refractivity contribution >= 4 is 18.0 Å². The standard InChI is InChI=1S/C22H30O5/c1-2-3-4-5-16-26-19-13-9-18(10-14-19)22(25)27-20-11-6-17(7-12-20)8-15-21(23)24/h6-8,11-12,15,18-19H,2-5,9-10,13-14,16H2,1H3,(H,23,24). The summed E-state index contributed by atoms with van der Waals surface area (Å²) < 4.78 is 11.4. The van der Waals surface area contributed by atoms with Crippen LogP contribution in [0.3, 0.4) is 0 Å². The van der Waals surface area contributed by atoms with Gasteiger partial charge in [-0.15, -0.1) is 0 Å². The highest BCUT2D eigenvalue weighted by Gasteiger charge is 2.28. The van der Waals surface area contributed by atoms with Gasteiger partial charge in [0, 0.05) is 12.7 Å². The lowest BCUT2D eigenvalue weighted by Gasteiger charge is -2.27. The Kier molecular flexibility index (Phi) is 9.05. The minimum atomic E-state index is -0.994. The van der Waals surface area contributed by atoms with Crippen molar-refractivity contribution in [2.45, 2.75) is 64.4 Å². The highest BCUT2D eigenvalue weighted by Crippen LogP contribution is 2.28. The van der Waals surface area contributed by atoms with Gasteiger partial charge in [0.05, 0.1) is 12.0 Å². The predicted molar refractivity (Wildman–Crippen MR) is 105 cm³/mol. The Labute approximate surface area is 161 Å². The summed E-state index contributed by atoms with van der Waals surface area (Å²) in [6.45, 7) is 3.02. The summed E-state index contributed by atoms with van der Waals surface area (Å²) >= 11 is 0. The second kappa shape index (κ2) is 11.5. The molecule has 0 radical (unpaired) electrons. The lowest BCUT2D eigenvalue weighted by molar-refractivity contribution is -0.141. The van der Waals surface area contributed by atoms with E-state index in [0.29, 0.717) is 5.75 Å². The van der Waals surface area contributed by atoms with Crippen molar-refractivity contribution in [3.8, 4) is 5.75 Å². The first kappa shape index (κ1) is 21.2. The molecule has 0 aromatic heterocycles. The van der Waals surface area contributed by atoms with E-state index >= 15 is 0 Å². The maximum absolute atomic E-state index is 12.4. The molecule has 0 atom stereocenters. The smallest absolute Gasteiger partial charge is 0.328 e. The Balaban J connectivity index is 1.70. The number of carboxylic acid groups (broad SMARTS) is 1. The first-order valence-electron chi connectivity index (χ1n) is 9.93. The van der Waals surface area contributed by atoms with Gasteiger partial charge in [-0.25, -0.2) is 4.79 Å². The topological polar surface area (TPSA) is 72.8 Å². The lowest BCUT2D eigenvalue weighted by Crippen LogP contribution is -2.29. The van der Waals surface area contributed by atoms with E-state index in [1.54, 1.807) is 24.3 Å². The number of carbonyl (C=O) groups excluding carboxylic acids is 1.